The lowest BCUT2D eigenvalue weighted by Gasteiger charge is -2.24. The molecule has 2 rings (SSSR count). The Kier molecular flexibility index (Phi) is 23.7. The van der Waals surface area contributed by atoms with Gasteiger partial charge in [0, 0.05) is 72.3 Å². The highest BCUT2D eigenvalue weighted by Crippen LogP contribution is 2.36. The molecular formula is C48H76N10O3S2. The third-order valence-electron chi connectivity index (χ3n) is 10.0. The Bertz CT molecular complexity index is 1970. The molecule has 0 saturated carbocycles. The molecule has 348 valence electrons. The van der Waals surface area contributed by atoms with E-state index in [0.29, 0.717) is 81.8 Å². The lowest BCUT2D eigenvalue weighted by Crippen LogP contribution is -2.32. The summed E-state index contributed by atoms with van der Waals surface area (Å²) < 4.78 is 0. The van der Waals surface area contributed by atoms with Crippen molar-refractivity contribution in [2.75, 3.05) is 37.7 Å². The number of ketones is 3. The first kappa shape index (κ1) is 54.9. The van der Waals surface area contributed by atoms with Crippen LogP contribution in [-0.2, 0) is 34.3 Å². The standard InChI is InChI=1S/C48H76N10O3S2/c1-31(43(62-23-19-49)34(17-18-47(2,3)4)28-41(60)38(51)13-9-21-57-45(53)54)15-16-32-11-8-12-33(25-32)40(59)29-35-26-37(48(5,6)7)27-36(44(35)63-24-20-50)30-42(61)39(52)14-10-22-58-46(55)56/h8,11-12,17-18,25-27,38-39H,1,9-10,13-16,19-24,28-30,49-52H2,2-7H3,(H4,53,54,57)(H4,55,56,58)/b18-17+,43-34-/t38-,39-/m0/s1. The zero-order valence-electron chi connectivity index (χ0n) is 38.6. The summed E-state index contributed by atoms with van der Waals surface area (Å²) in [6.07, 6.45) is 7.85. The van der Waals surface area contributed by atoms with E-state index < -0.39 is 12.1 Å². The maximum atomic E-state index is 14.2. The number of hydrogen-bond acceptors (Lipinski definition) is 11. The van der Waals surface area contributed by atoms with Gasteiger partial charge in [0.1, 0.15) is 0 Å². The fourth-order valence-electron chi connectivity index (χ4n) is 6.53. The summed E-state index contributed by atoms with van der Waals surface area (Å²) in [6, 6.07) is 10.5. The van der Waals surface area contributed by atoms with Crippen molar-refractivity contribution in [3.8, 4) is 0 Å². The lowest BCUT2D eigenvalue weighted by atomic mass is 9.83. The molecule has 0 spiro atoms. The van der Waals surface area contributed by atoms with E-state index in [-0.39, 0.29) is 59.4 Å². The molecular weight excluding hydrogens is 829 g/mol. The Hall–Kier alpha value is -4.25. The van der Waals surface area contributed by atoms with Crippen LogP contribution in [0.2, 0.25) is 0 Å². The molecule has 0 unspecified atom stereocenters. The van der Waals surface area contributed by atoms with Crippen molar-refractivity contribution in [1.82, 2.24) is 0 Å². The minimum absolute atomic E-state index is 0.00548. The zero-order valence-corrected chi connectivity index (χ0v) is 40.3. The Morgan fingerprint density at radius 1 is 0.794 bits per heavy atom. The van der Waals surface area contributed by atoms with Gasteiger partial charge in [0.25, 0.3) is 0 Å². The summed E-state index contributed by atoms with van der Waals surface area (Å²) in [6.45, 7) is 18.8. The second-order valence-electron chi connectivity index (χ2n) is 18.0. The fraction of sp³-hybridized carbons (Fsp3) is 0.521. The van der Waals surface area contributed by atoms with Crippen molar-refractivity contribution in [1.29, 1.82) is 0 Å². The molecule has 0 aliphatic rings. The third-order valence-corrected chi connectivity index (χ3v) is 12.6. The number of thioether (sulfide) groups is 2. The van der Waals surface area contributed by atoms with Gasteiger partial charge in [0.05, 0.1) is 12.1 Å². The molecule has 2 atom stereocenters. The van der Waals surface area contributed by atoms with Gasteiger partial charge in [-0.25, -0.2) is 0 Å². The molecule has 16 N–H and O–H groups in total. The van der Waals surface area contributed by atoms with Crippen molar-refractivity contribution in [2.45, 2.75) is 122 Å². The number of allylic oxidation sites excluding steroid dienone is 4. The molecule has 0 amide bonds. The number of nitrogens with zero attached hydrogens (tertiary/aromatic N) is 2. The SMILES string of the molecule is C=C(CCc1cccc(C(=O)Cc2cc(C(C)(C)C)cc(CC(=O)[C@@H](N)CCCN=C(N)N)c2SCCN)c1)/C(SCCN)=C(\C=C\C(C)(C)C)CC(=O)[C@@H](N)CCCN=C(N)N. The highest BCUT2D eigenvalue weighted by molar-refractivity contribution is 8.03. The van der Waals surface area contributed by atoms with Crippen molar-refractivity contribution < 1.29 is 14.4 Å². The van der Waals surface area contributed by atoms with Crippen molar-refractivity contribution in [2.24, 2.45) is 61.3 Å². The average molecular weight is 905 g/mol. The number of aryl methyl sites for hydroxylation is 1. The average Bonchev–Trinajstić information content (AvgIpc) is 3.20. The van der Waals surface area contributed by atoms with Gasteiger partial charge in [-0.1, -0.05) is 90.6 Å². The van der Waals surface area contributed by atoms with Crippen LogP contribution in [0.4, 0.5) is 0 Å². The number of carbonyl (C=O) groups excluding carboxylic acids is 3. The van der Waals surface area contributed by atoms with Gasteiger partial charge in [-0.05, 0) is 88.8 Å². The number of carbonyl (C=O) groups is 3. The summed E-state index contributed by atoms with van der Waals surface area (Å²) >= 11 is 3.16. The van der Waals surface area contributed by atoms with E-state index in [1.165, 1.54) is 0 Å². The van der Waals surface area contributed by atoms with Crippen LogP contribution < -0.4 is 45.9 Å². The second kappa shape index (κ2) is 27.2. The molecule has 2 aromatic rings. The number of hydrogen-bond donors (Lipinski definition) is 8. The van der Waals surface area contributed by atoms with E-state index in [2.05, 4.69) is 76.3 Å². The molecule has 15 heteroatoms. The van der Waals surface area contributed by atoms with Crippen LogP contribution in [0.1, 0.15) is 113 Å². The molecule has 0 radical (unpaired) electrons. The fourth-order valence-corrected chi connectivity index (χ4v) is 8.44. The van der Waals surface area contributed by atoms with E-state index in [4.69, 9.17) is 45.9 Å². The summed E-state index contributed by atoms with van der Waals surface area (Å²) in [5, 5.41) is 0. The number of guanidine groups is 2. The van der Waals surface area contributed by atoms with Gasteiger partial charge in [-0.2, -0.15) is 0 Å². The highest BCUT2D eigenvalue weighted by atomic mass is 32.2. The maximum Gasteiger partial charge on any atom is 0.185 e. The summed E-state index contributed by atoms with van der Waals surface area (Å²) in [7, 11) is 0. The molecule has 2 aromatic carbocycles. The first-order chi connectivity index (χ1) is 29.6. The Morgan fingerprint density at radius 2 is 1.37 bits per heavy atom. The molecule has 13 nitrogen and oxygen atoms in total. The number of nitrogens with two attached hydrogens (primary N) is 8. The van der Waals surface area contributed by atoms with Gasteiger partial charge in [-0.15, -0.1) is 23.5 Å². The molecule has 63 heavy (non-hydrogen) atoms. The molecule has 0 heterocycles. The largest absolute Gasteiger partial charge is 0.370 e. The van der Waals surface area contributed by atoms with E-state index in [0.717, 1.165) is 43.2 Å². The number of rotatable bonds is 28. The third kappa shape index (κ3) is 20.9. The highest BCUT2D eigenvalue weighted by Gasteiger charge is 2.24. The Morgan fingerprint density at radius 3 is 1.90 bits per heavy atom. The van der Waals surface area contributed by atoms with Gasteiger partial charge in [-0.3, -0.25) is 24.4 Å². The number of benzene rings is 2. The van der Waals surface area contributed by atoms with Gasteiger partial charge in [0.2, 0.25) is 0 Å². The molecule has 0 saturated heterocycles. The van der Waals surface area contributed by atoms with Gasteiger partial charge < -0.3 is 45.9 Å². The van der Waals surface area contributed by atoms with Crippen molar-refractivity contribution >= 4 is 52.8 Å². The minimum Gasteiger partial charge on any atom is -0.370 e. The van der Waals surface area contributed by atoms with Gasteiger partial charge in [0.15, 0.2) is 29.3 Å². The van der Waals surface area contributed by atoms with Crippen molar-refractivity contribution in [3.63, 3.8) is 0 Å². The van der Waals surface area contributed by atoms with E-state index in [1.54, 1.807) is 23.5 Å². The Labute approximate surface area is 385 Å². The maximum absolute atomic E-state index is 14.2. The quantitative estimate of drug-likeness (QED) is 0.0134. The van der Waals surface area contributed by atoms with Crippen LogP contribution in [0.15, 0.2) is 86.1 Å². The summed E-state index contributed by atoms with van der Waals surface area (Å²) in [5.74, 6) is 1.09. The van der Waals surface area contributed by atoms with Crippen LogP contribution in [0.5, 0.6) is 0 Å². The molecule has 0 bridgehead atoms. The van der Waals surface area contributed by atoms with Crippen LogP contribution in [0.25, 0.3) is 0 Å². The second-order valence-corrected chi connectivity index (χ2v) is 20.2. The number of Topliss-reactive ketones (excluding diaryl/α,β-unsaturated/α-hetero) is 3. The normalized spacial score (nSPS) is 13.3. The van der Waals surface area contributed by atoms with Crippen LogP contribution in [-0.4, -0.2) is 79.0 Å². The molecule has 0 fully saturated rings. The topological polar surface area (TPSA) is 284 Å². The van der Waals surface area contributed by atoms with Crippen LogP contribution in [0.3, 0.4) is 0 Å². The van der Waals surface area contributed by atoms with Gasteiger partial charge >= 0.3 is 0 Å². The zero-order chi connectivity index (χ0) is 47.3. The van der Waals surface area contributed by atoms with E-state index in [9.17, 15) is 14.4 Å². The van der Waals surface area contributed by atoms with E-state index >= 15 is 0 Å². The first-order valence-corrected chi connectivity index (χ1v) is 23.7. The number of aliphatic imine (C=N–C) groups is 2. The molecule has 0 aliphatic carbocycles. The smallest absolute Gasteiger partial charge is 0.185 e. The lowest BCUT2D eigenvalue weighted by molar-refractivity contribution is -0.120. The first-order valence-electron chi connectivity index (χ1n) is 21.8. The molecule has 0 aromatic heterocycles. The Balaban J connectivity index is 2.44. The minimum atomic E-state index is -0.675. The predicted octanol–water partition coefficient (Wildman–Crippen LogP) is 5.33. The van der Waals surface area contributed by atoms with Crippen LogP contribution >= 0.6 is 23.5 Å². The monoisotopic (exact) mass is 905 g/mol. The summed E-state index contributed by atoms with van der Waals surface area (Å²) in [5.41, 5.74) is 52.1. The molecule has 0 aliphatic heterocycles. The summed E-state index contributed by atoms with van der Waals surface area (Å²) in [4.78, 5) is 51.0. The van der Waals surface area contributed by atoms with E-state index in [1.807, 2.05) is 30.3 Å². The predicted molar refractivity (Wildman–Crippen MR) is 268 cm³/mol. The van der Waals surface area contributed by atoms with Crippen molar-refractivity contribution in [3.05, 3.63) is 99.0 Å². The van der Waals surface area contributed by atoms with Crippen LogP contribution in [0, 0.1) is 5.41 Å².